The van der Waals surface area contributed by atoms with Crippen molar-refractivity contribution in [2.75, 3.05) is 25.6 Å². The molecule has 120 valence electrons. The molecule has 0 atom stereocenters. The number of anilines is 1. The first-order chi connectivity index (χ1) is 10.5. The van der Waals surface area contributed by atoms with Crippen LogP contribution in [-0.4, -0.2) is 35.3 Å². The third kappa shape index (κ3) is 3.57. The molecule has 0 saturated carbocycles. The molecule has 0 aliphatic rings. The number of para-hydroxylation sites is 1. The van der Waals surface area contributed by atoms with Gasteiger partial charge in [0, 0.05) is 12.5 Å². The van der Waals surface area contributed by atoms with Gasteiger partial charge in [-0.25, -0.2) is 4.98 Å². The van der Waals surface area contributed by atoms with Gasteiger partial charge in [-0.2, -0.15) is 0 Å². The van der Waals surface area contributed by atoms with Crippen LogP contribution in [0.25, 0.3) is 11.0 Å². The maximum Gasteiger partial charge on any atom is 0.326 e. The number of ether oxygens (including phenoxy) is 2. The molecule has 0 unspecified atom stereocenters. The summed E-state index contributed by atoms with van der Waals surface area (Å²) in [4.78, 5) is 16.6. The molecule has 0 saturated heterocycles. The van der Waals surface area contributed by atoms with Gasteiger partial charge in [-0.3, -0.25) is 4.79 Å². The molecule has 6 heteroatoms. The lowest BCUT2D eigenvalue weighted by molar-refractivity contribution is -0.145. The number of carbonyl (C=O) groups is 1. The number of nitrogens with zero attached hydrogens (tertiary/aromatic N) is 2. The fourth-order valence-electron chi connectivity index (χ4n) is 2.33. The number of esters is 1. The van der Waals surface area contributed by atoms with Crippen molar-refractivity contribution in [3.8, 4) is 0 Å². The van der Waals surface area contributed by atoms with E-state index >= 15 is 0 Å². The fourth-order valence-corrected chi connectivity index (χ4v) is 2.33. The smallest absolute Gasteiger partial charge is 0.326 e. The minimum absolute atomic E-state index is 0.125. The van der Waals surface area contributed by atoms with Crippen molar-refractivity contribution in [1.82, 2.24) is 9.55 Å². The van der Waals surface area contributed by atoms with Crippen LogP contribution in [-0.2, 0) is 20.8 Å². The molecular weight excluding hydrogens is 282 g/mol. The van der Waals surface area contributed by atoms with E-state index in [1.54, 1.807) is 0 Å². The van der Waals surface area contributed by atoms with E-state index in [2.05, 4.69) is 4.98 Å². The fraction of sp³-hybridized carbons (Fsp3) is 0.500. The van der Waals surface area contributed by atoms with Crippen molar-refractivity contribution in [3.63, 3.8) is 0 Å². The molecular formula is C16H23N3O3. The lowest BCUT2D eigenvalue weighted by Crippen LogP contribution is -2.18. The molecule has 0 bridgehead atoms. The highest BCUT2D eigenvalue weighted by Gasteiger charge is 2.17. The minimum atomic E-state index is -0.302. The Kier molecular flexibility index (Phi) is 5.38. The Balaban J connectivity index is 2.20. The van der Waals surface area contributed by atoms with Crippen molar-refractivity contribution < 1.29 is 14.3 Å². The van der Waals surface area contributed by atoms with E-state index in [1.165, 1.54) is 0 Å². The molecule has 0 fully saturated rings. The minimum Gasteiger partial charge on any atom is -0.462 e. The van der Waals surface area contributed by atoms with E-state index in [0.717, 1.165) is 16.9 Å². The van der Waals surface area contributed by atoms with Crippen molar-refractivity contribution in [2.45, 2.75) is 33.2 Å². The number of carbonyl (C=O) groups excluding carboxylic acids is 1. The molecule has 22 heavy (non-hydrogen) atoms. The van der Waals surface area contributed by atoms with E-state index < -0.39 is 0 Å². The van der Waals surface area contributed by atoms with E-state index in [-0.39, 0.29) is 25.0 Å². The Hall–Kier alpha value is -2.08. The van der Waals surface area contributed by atoms with Gasteiger partial charge in [-0.05, 0) is 19.1 Å². The van der Waals surface area contributed by atoms with Crippen molar-refractivity contribution in [3.05, 3.63) is 24.0 Å². The standard InChI is InChI=1S/C16H23N3O3/c1-4-21-8-9-22-14(20)10-19-13-7-5-6-12(17)15(13)18-16(19)11(2)3/h5-7,11H,4,8-10,17H2,1-3H3. The maximum atomic E-state index is 12.0. The lowest BCUT2D eigenvalue weighted by Gasteiger charge is -2.11. The molecule has 2 rings (SSSR count). The lowest BCUT2D eigenvalue weighted by atomic mass is 10.2. The topological polar surface area (TPSA) is 79.4 Å². The third-order valence-corrected chi connectivity index (χ3v) is 3.34. The average molecular weight is 305 g/mol. The summed E-state index contributed by atoms with van der Waals surface area (Å²) in [6.07, 6.45) is 0. The quantitative estimate of drug-likeness (QED) is 0.482. The van der Waals surface area contributed by atoms with Crippen molar-refractivity contribution in [1.29, 1.82) is 0 Å². The molecule has 1 aromatic carbocycles. The summed E-state index contributed by atoms with van der Waals surface area (Å²) in [7, 11) is 0. The zero-order valence-electron chi connectivity index (χ0n) is 13.3. The average Bonchev–Trinajstić information content (AvgIpc) is 2.84. The number of hydrogen-bond donors (Lipinski definition) is 1. The molecule has 2 N–H and O–H groups in total. The number of nitrogen functional groups attached to an aromatic ring is 1. The summed E-state index contributed by atoms with van der Waals surface area (Å²) in [5, 5.41) is 0. The molecule has 1 aromatic heterocycles. The molecule has 1 heterocycles. The van der Waals surface area contributed by atoms with Crippen LogP contribution in [0.15, 0.2) is 18.2 Å². The predicted octanol–water partition coefficient (Wildman–Crippen LogP) is 2.32. The molecule has 0 amide bonds. The van der Waals surface area contributed by atoms with E-state index in [1.807, 2.05) is 43.5 Å². The van der Waals surface area contributed by atoms with Gasteiger partial charge in [-0.15, -0.1) is 0 Å². The van der Waals surface area contributed by atoms with Crippen LogP contribution in [0.1, 0.15) is 32.5 Å². The SMILES string of the molecule is CCOCCOC(=O)Cn1c(C(C)C)nc2c(N)cccc21. The number of benzene rings is 1. The van der Waals surface area contributed by atoms with Gasteiger partial charge >= 0.3 is 5.97 Å². The van der Waals surface area contributed by atoms with Crippen LogP contribution in [0.5, 0.6) is 0 Å². The Morgan fingerprint density at radius 1 is 1.36 bits per heavy atom. The molecule has 2 aromatic rings. The molecule has 0 aliphatic heterocycles. The summed E-state index contributed by atoms with van der Waals surface area (Å²) in [5.41, 5.74) is 8.17. The van der Waals surface area contributed by atoms with Crippen LogP contribution in [0, 0.1) is 0 Å². The van der Waals surface area contributed by atoms with Gasteiger partial charge < -0.3 is 19.8 Å². The summed E-state index contributed by atoms with van der Waals surface area (Å²) >= 11 is 0. The largest absolute Gasteiger partial charge is 0.462 e. The first-order valence-electron chi connectivity index (χ1n) is 7.52. The number of nitrogens with two attached hydrogens (primary N) is 1. The van der Waals surface area contributed by atoms with Gasteiger partial charge in [-0.1, -0.05) is 19.9 Å². The molecule has 0 aliphatic carbocycles. The second kappa shape index (κ2) is 7.26. The Bertz CT molecular complexity index is 649. The van der Waals surface area contributed by atoms with Crippen LogP contribution in [0.4, 0.5) is 5.69 Å². The van der Waals surface area contributed by atoms with Crippen LogP contribution >= 0.6 is 0 Å². The predicted molar refractivity (Wildman–Crippen MR) is 85.7 cm³/mol. The number of rotatable bonds is 7. The first-order valence-corrected chi connectivity index (χ1v) is 7.52. The van der Waals surface area contributed by atoms with E-state index in [0.29, 0.717) is 18.9 Å². The second-order valence-corrected chi connectivity index (χ2v) is 5.34. The van der Waals surface area contributed by atoms with Crippen LogP contribution < -0.4 is 5.73 Å². The van der Waals surface area contributed by atoms with E-state index in [4.69, 9.17) is 15.2 Å². The molecule has 6 nitrogen and oxygen atoms in total. The van der Waals surface area contributed by atoms with Gasteiger partial charge in [0.2, 0.25) is 0 Å². The summed E-state index contributed by atoms with van der Waals surface area (Å²) < 4.78 is 12.2. The zero-order chi connectivity index (χ0) is 16.1. The second-order valence-electron chi connectivity index (χ2n) is 5.34. The van der Waals surface area contributed by atoms with Gasteiger partial charge in [0.1, 0.15) is 24.5 Å². The number of hydrogen-bond acceptors (Lipinski definition) is 5. The van der Waals surface area contributed by atoms with Gasteiger partial charge in [0.25, 0.3) is 0 Å². The van der Waals surface area contributed by atoms with Gasteiger partial charge in [0.05, 0.1) is 17.8 Å². The maximum absolute atomic E-state index is 12.0. The number of imidazole rings is 1. The Morgan fingerprint density at radius 3 is 2.82 bits per heavy atom. The van der Waals surface area contributed by atoms with E-state index in [9.17, 15) is 4.79 Å². The molecule has 0 radical (unpaired) electrons. The summed E-state index contributed by atoms with van der Waals surface area (Å²) in [5.74, 6) is 0.709. The van der Waals surface area contributed by atoms with Crippen LogP contribution in [0.3, 0.4) is 0 Å². The molecule has 0 spiro atoms. The third-order valence-electron chi connectivity index (χ3n) is 3.34. The van der Waals surface area contributed by atoms with Crippen molar-refractivity contribution >= 4 is 22.7 Å². The normalized spacial score (nSPS) is 11.3. The monoisotopic (exact) mass is 305 g/mol. The zero-order valence-corrected chi connectivity index (χ0v) is 13.3. The number of aromatic nitrogens is 2. The van der Waals surface area contributed by atoms with Gasteiger partial charge in [0.15, 0.2) is 0 Å². The summed E-state index contributed by atoms with van der Waals surface area (Å²) in [6.45, 7) is 7.39. The number of fused-ring (bicyclic) bond motifs is 1. The Morgan fingerprint density at radius 2 is 2.14 bits per heavy atom. The highest BCUT2D eigenvalue weighted by molar-refractivity contribution is 5.88. The highest BCUT2D eigenvalue weighted by Crippen LogP contribution is 2.25. The van der Waals surface area contributed by atoms with Crippen LogP contribution in [0.2, 0.25) is 0 Å². The van der Waals surface area contributed by atoms with Crippen molar-refractivity contribution in [2.24, 2.45) is 0 Å². The first kappa shape index (κ1) is 16.3. The summed E-state index contributed by atoms with van der Waals surface area (Å²) in [6, 6.07) is 5.59. The Labute approximate surface area is 130 Å². The highest BCUT2D eigenvalue weighted by atomic mass is 16.6.